The van der Waals surface area contributed by atoms with Crippen LogP contribution in [0.25, 0.3) is 0 Å². The zero-order valence-corrected chi connectivity index (χ0v) is 11.0. The van der Waals surface area contributed by atoms with Crippen molar-refractivity contribution in [3.05, 3.63) is 32.6 Å². The number of hydrogen-bond donors (Lipinski definition) is 2. The van der Waals surface area contributed by atoms with E-state index in [-0.39, 0.29) is 25.1 Å². The van der Waals surface area contributed by atoms with Gasteiger partial charge in [-0.3, -0.25) is 13.9 Å². The third kappa shape index (κ3) is 2.54. The number of hydrogen-bond acceptors (Lipinski definition) is 5. The number of aryl methyl sites for hydroxylation is 1. The van der Waals surface area contributed by atoms with Crippen LogP contribution in [0.1, 0.15) is 18.2 Å². The molecular formula is C12H17FN2O5. The highest BCUT2D eigenvalue weighted by Crippen LogP contribution is 2.27. The summed E-state index contributed by atoms with van der Waals surface area (Å²) in [7, 11) is 0. The molecule has 1 aliphatic rings. The second kappa shape index (κ2) is 5.86. The fraction of sp³-hybridized carbons (Fsp3) is 0.667. The van der Waals surface area contributed by atoms with Gasteiger partial charge in [0.15, 0.2) is 0 Å². The molecule has 0 spiro atoms. The van der Waals surface area contributed by atoms with Gasteiger partial charge < -0.3 is 14.9 Å². The van der Waals surface area contributed by atoms with Crippen LogP contribution in [0.3, 0.4) is 0 Å². The van der Waals surface area contributed by atoms with Gasteiger partial charge in [0.25, 0.3) is 5.56 Å². The number of ether oxygens (including phenoxy) is 1. The first-order chi connectivity index (χ1) is 9.49. The Morgan fingerprint density at radius 1 is 1.50 bits per heavy atom. The average Bonchev–Trinajstić information content (AvgIpc) is 2.80. The van der Waals surface area contributed by atoms with Crippen molar-refractivity contribution >= 4 is 0 Å². The molecule has 0 unspecified atom stereocenters. The second-order valence-electron chi connectivity index (χ2n) is 4.76. The number of nitrogens with zero attached hydrogens (tertiary/aromatic N) is 2. The van der Waals surface area contributed by atoms with Gasteiger partial charge in [0.2, 0.25) is 0 Å². The molecule has 2 N–H and O–H groups in total. The highest BCUT2D eigenvalue weighted by molar-refractivity contribution is 5.04. The minimum atomic E-state index is -0.890. The molecule has 0 aliphatic carbocycles. The Morgan fingerprint density at radius 2 is 2.20 bits per heavy atom. The molecule has 1 aromatic rings. The standard InChI is InChI=1S/C12H17FN2O5/c1-7-5-15(10-4-8(17)9(6-16)20-10)12(19)14(3-2-13)11(7)18/h5,8-10,16-17H,2-4,6H2,1H3/t8-,9-,10-/m1/s1. The van der Waals surface area contributed by atoms with Crippen molar-refractivity contribution in [2.75, 3.05) is 13.3 Å². The van der Waals surface area contributed by atoms with Crippen molar-refractivity contribution < 1.29 is 19.3 Å². The normalized spacial score (nSPS) is 26.1. The van der Waals surface area contributed by atoms with Gasteiger partial charge in [0.05, 0.1) is 19.3 Å². The Kier molecular flexibility index (Phi) is 4.36. The van der Waals surface area contributed by atoms with Gasteiger partial charge in [0, 0.05) is 18.2 Å². The molecule has 0 saturated carbocycles. The fourth-order valence-corrected chi connectivity index (χ4v) is 2.30. The maximum atomic E-state index is 12.4. The molecule has 1 fully saturated rings. The highest BCUT2D eigenvalue weighted by atomic mass is 19.1. The first kappa shape index (κ1) is 14.9. The van der Waals surface area contributed by atoms with Crippen molar-refractivity contribution in [2.24, 2.45) is 0 Å². The Hall–Kier alpha value is -1.51. The molecule has 1 aliphatic heterocycles. The molecule has 0 radical (unpaired) electrons. The number of aromatic nitrogens is 2. The van der Waals surface area contributed by atoms with Crippen molar-refractivity contribution in [2.45, 2.75) is 38.3 Å². The summed E-state index contributed by atoms with van der Waals surface area (Å²) in [6.07, 6.45) is -0.984. The monoisotopic (exact) mass is 288 g/mol. The minimum Gasteiger partial charge on any atom is -0.394 e. The first-order valence-corrected chi connectivity index (χ1v) is 6.32. The Bertz CT molecular complexity index is 596. The van der Waals surface area contributed by atoms with Crippen molar-refractivity contribution in [3.63, 3.8) is 0 Å². The summed E-state index contributed by atoms with van der Waals surface area (Å²) in [6, 6.07) is 0. The van der Waals surface area contributed by atoms with Crippen LogP contribution in [0.5, 0.6) is 0 Å². The minimum absolute atomic E-state index is 0.123. The number of halogens is 1. The molecule has 8 heteroatoms. The van der Waals surface area contributed by atoms with Crippen LogP contribution in [-0.4, -0.2) is 44.8 Å². The van der Waals surface area contributed by atoms with E-state index in [9.17, 15) is 19.1 Å². The maximum Gasteiger partial charge on any atom is 0.333 e. The molecule has 0 amide bonds. The molecule has 1 aromatic heterocycles. The van der Waals surface area contributed by atoms with E-state index in [1.807, 2.05) is 0 Å². The van der Waals surface area contributed by atoms with E-state index in [1.54, 1.807) is 0 Å². The van der Waals surface area contributed by atoms with E-state index < -0.39 is 36.4 Å². The summed E-state index contributed by atoms with van der Waals surface area (Å²) in [4.78, 5) is 23.9. The van der Waals surface area contributed by atoms with Gasteiger partial charge in [-0.05, 0) is 6.92 Å². The van der Waals surface area contributed by atoms with E-state index in [4.69, 9.17) is 9.84 Å². The predicted octanol–water partition coefficient (Wildman–Crippen LogP) is -1.07. The van der Waals surface area contributed by atoms with Gasteiger partial charge in [-0.2, -0.15) is 0 Å². The van der Waals surface area contributed by atoms with Crippen molar-refractivity contribution in [3.8, 4) is 0 Å². The number of alkyl halides is 1. The lowest BCUT2D eigenvalue weighted by Gasteiger charge is -2.17. The Labute approximate surface area is 113 Å². The van der Waals surface area contributed by atoms with Crippen LogP contribution in [0.4, 0.5) is 4.39 Å². The number of aliphatic hydroxyl groups is 2. The van der Waals surface area contributed by atoms with Crippen LogP contribution in [0, 0.1) is 6.92 Å². The predicted molar refractivity (Wildman–Crippen MR) is 67.3 cm³/mol. The molecule has 20 heavy (non-hydrogen) atoms. The first-order valence-electron chi connectivity index (χ1n) is 6.32. The zero-order chi connectivity index (χ0) is 14.9. The lowest BCUT2D eigenvalue weighted by Crippen LogP contribution is -2.42. The van der Waals surface area contributed by atoms with Crippen LogP contribution in [0.2, 0.25) is 0 Å². The number of rotatable bonds is 4. The molecule has 0 bridgehead atoms. The molecule has 7 nitrogen and oxygen atoms in total. The van der Waals surface area contributed by atoms with Crippen molar-refractivity contribution in [1.29, 1.82) is 0 Å². The van der Waals surface area contributed by atoms with E-state index in [0.717, 1.165) is 9.13 Å². The maximum absolute atomic E-state index is 12.4. The van der Waals surface area contributed by atoms with E-state index in [1.165, 1.54) is 13.1 Å². The molecule has 2 rings (SSSR count). The highest BCUT2D eigenvalue weighted by Gasteiger charge is 2.35. The SMILES string of the molecule is Cc1cn([C@H]2C[C@@H](O)[C@@H](CO)O2)c(=O)n(CCF)c1=O. The molecule has 1 saturated heterocycles. The average molecular weight is 288 g/mol. The van der Waals surface area contributed by atoms with E-state index in [0.29, 0.717) is 0 Å². The molecular weight excluding hydrogens is 271 g/mol. The summed E-state index contributed by atoms with van der Waals surface area (Å²) < 4.78 is 19.8. The summed E-state index contributed by atoms with van der Waals surface area (Å²) >= 11 is 0. The van der Waals surface area contributed by atoms with Gasteiger partial charge in [-0.15, -0.1) is 0 Å². The summed E-state index contributed by atoms with van der Waals surface area (Å²) in [5, 5.41) is 18.7. The topological polar surface area (TPSA) is 93.7 Å². The summed E-state index contributed by atoms with van der Waals surface area (Å²) in [5.74, 6) is 0. The van der Waals surface area contributed by atoms with Gasteiger partial charge in [0.1, 0.15) is 19.0 Å². The molecule has 0 aromatic carbocycles. The quantitative estimate of drug-likeness (QED) is 0.736. The summed E-state index contributed by atoms with van der Waals surface area (Å²) in [6.45, 7) is 0.00148. The van der Waals surface area contributed by atoms with E-state index >= 15 is 0 Å². The third-order valence-electron chi connectivity index (χ3n) is 3.37. The molecule has 112 valence electrons. The lowest BCUT2D eigenvalue weighted by molar-refractivity contribution is -0.0464. The van der Waals surface area contributed by atoms with Gasteiger partial charge in [-0.1, -0.05) is 0 Å². The van der Waals surface area contributed by atoms with E-state index in [2.05, 4.69) is 0 Å². The van der Waals surface area contributed by atoms with Crippen LogP contribution in [-0.2, 0) is 11.3 Å². The van der Waals surface area contributed by atoms with Crippen molar-refractivity contribution in [1.82, 2.24) is 9.13 Å². The van der Waals surface area contributed by atoms with Crippen LogP contribution >= 0.6 is 0 Å². The van der Waals surface area contributed by atoms with Crippen LogP contribution < -0.4 is 11.2 Å². The molecule has 3 atom stereocenters. The Balaban J connectivity index is 2.43. The number of aliphatic hydroxyl groups excluding tert-OH is 2. The smallest absolute Gasteiger partial charge is 0.333 e. The second-order valence-corrected chi connectivity index (χ2v) is 4.76. The largest absolute Gasteiger partial charge is 0.394 e. The fourth-order valence-electron chi connectivity index (χ4n) is 2.30. The zero-order valence-electron chi connectivity index (χ0n) is 11.0. The summed E-state index contributed by atoms with van der Waals surface area (Å²) in [5.41, 5.74) is -0.946. The lowest BCUT2D eigenvalue weighted by atomic mass is 10.2. The van der Waals surface area contributed by atoms with Gasteiger partial charge in [-0.25, -0.2) is 9.18 Å². The molecule has 2 heterocycles. The van der Waals surface area contributed by atoms with Crippen LogP contribution in [0.15, 0.2) is 15.8 Å². The Morgan fingerprint density at radius 3 is 2.75 bits per heavy atom. The third-order valence-corrected chi connectivity index (χ3v) is 3.37. The van der Waals surface area contributed by atoms with Gasteiger partial charge >= 0.3 is 5.69 Å².